The maximum Gasteiger partial charge on any atom is 0.240 e. The molecule has 1 rings (SSSR count). The van der Waals surface area contributed by atoms with E-state index >= 15 is 0 Å². The fourth-order valence-corrected chi connectivity index (χ4v) is 1.28. The molecule has 1 aromatic rings. The third kappa shape index (κ3) is 4.48. The second-order valence-corrected chi connectivity index (χ2v) is 3.56. The molecule has 0 saturated heterocycles. The third-order valence-electron chi connectivity index (χ3n) is 2.02. The van der Waals surface area contributed by atoms with Crippen LogP contribution >= 0.6 is 0 Å². The summed E-state index contributed by atoms with van der Waals surface area (Å²) in [5, 5.41) is 0. The number of nitrogens with two attached hydrogens (primary N) is 1. The van der Waals surface area contributed by atoms with Crippen molar-refractivity contribution in [1.82, 2.24) is 4.98 Å². The Morgan fingerprint density at radius 3 is 2.71 bits per heavy atom. The van der Waals surface area contributed by atoms with Crippen LogP contribution in [0, 0.1) is 0 Å². The number of nitrogens with zero attached hydrogens (tertiary/aromatic N) is 1. The molecule has 1 atom stereocenters. The van der Waals surface area contributed by atoms with Gasteiger partial charge in [-0.15, -0.1) is 0 Å². The van der Waals surface area contributed by atoms with Crippen molar-refractivity contribution in [1.29, 1.82) is 0 Å². The molecule has 0 saturated carbocycles. The third-order valence-corrected chi connectivity index (χ3v) is 2.02. The van der Waals surface area contributed by atoms with Crippen LogP contribution in [0.15, 0.2) is 12.1 Å². The van der Waals surface area contributed by atoms with Crippen LogP contribution < -0.4 is 15.2 Å². The molecular formula is C12H20N2O3. The monoisotopic (exact) mass is 240 g/mol. The first-order chi connectivity index (χ1) is 8.17. The summed E-state index contributed by atoms with van der Waals surface area (Å²) in [7, 11) is 0. The molecule has 0 spiro atoms. The van der Waals surface area contributed by atoms with Gasteiger partial charge in [-0.25, -0.2) is 0 Å². The van der Waals surface area contributed by atoms with Gasteiger partial charge in [-0.2, -0.15) is 4.98 Å². The molecule has 96 valence electrons. The lowest BCUT2D eigenvalue weighted by atomic mass is 10.4. The van der Waals surface area contributed by atoms with Crippen LogP contribution in [0.1, 0.15) is 20.8 Å². The van der Waals surface area contributed by atoms with Crippen LogP contribution in [0.3, 0.4) is 0 Å². The van der Waals surface area contributed by atoms with E-state index in [2.05, 4.69) is 4.98 Å². The zero-order valence-corrected chi connectivity index (χ0v) is 10.6. The number of nitrogen functional groups attached to an aromatic ring is 1. The van der Waals surface area contributed by atoms with Gasteiger partial charge in [-0.05, 0) is 26.8 Å². The van der Waals surface area contributed by atoms with Crippen molar-refractivity contribution in [2.75, 3.05) is 25.6 Å². The maximum atomic E-state index is 5.72. The first-order valence-electron chi connectivity index (χ1n) is 5.81. The Morgan fingerprint density at radius 1 is 1.29 bits per heavy atom. The van der Waals surface area contributed by atoms with Gasteiger partial charge in [-0.3, -0.25) is 0 Å². The summed E-state index contributed by atoms with van der Waals surface area (Å²) < 4.78 is 16.1. The molecule has 1 heterocycles. The minimum atomic E-state index is -0.0550. The average molecular weight is 240 g/mol. The average Bonchev–Trinajstić information content (AvgIpc) is 2.31. The van der Waals surface area contributed by atoms with Gasteiger partial charge in [0, 0.05) is 12.7 Å². The Morgan fingerprint density at radius 2 is 2.06 bits per heavy atom. The van der Waals surface area contributed by atoms with E-state index in [0.29, 0.717) is 37.3 Å². The highest BCUT2D eigenvalue weighted by atomic mass is 16.5. The summed E-state index contributed by atoms with van der Waals surface area (Å²) in [6.07, 6.45) is -0.0550. The number of pyridine rings is 1. The second-order valence-electron chi connectivity index (χ2n) is 3.56. The number of aromatic nitrogens is 1. The number of anilines is 1. The van der Waals surface area contributed by atoms with Crippen LogP contribution in [0.2, 0.25) is 0 Å². The van der Waals surface area contributed by atoms with Gasteiger partial charge in [0.1, 0.15) is 6.10 Å². The Balaban J connectivity index is 2.61. The van der Waals surface area contributed by atoms with Gasteiger partial charge in [0.2, 0.25) is 11.8 Å². The zero-order valence-electron chi connectivity index (χ0n) is 10.6. The minimum Gasteiger partial charge on any atom is -0.476 e. The summed E-state index contributed by atoms with van der Waals surface area (Å²) in [6, 6.07) is 3.45. The molecule has 0 aromatic carbocycles. The van der Waals surface area contributed by atoms with Crippen molar-refractivity contribution in [3.63, 3.8) is 0 Å². The van der Waals surface area contributed by atoms with Crippen LogP contribution in [-0.2, 0) is 4.74 Å². The van der Waals surface area contributed by atoms with Crippen molar-refractivity contribution in [3.8, 4) is 11.8 Å². The van der Waals surface area contributed by atoms with Crippen LogP contribution in [0.5, 0.6) is 11.8 Å². The number of hydrogen-bond acceptors (Lipinski definition) is 5. The fourth-order valence-electron chi connectivity index (χ4n) is 1.28. The normalized spacial score (nSPS) is 12.2. The fraction of sp³-hybridized carbons (Fsp3) is 0.583. The topological polar surface area (TPSA) is 66.6 Å². The molecule has 0 fully saturated rings. The molecular weight excluding hydrogens is 220 g/mol. The summed E-state index contributed by atoms with van der Waals surface area (Å²) in [5.74, 6) is 0.906. The van der Waals surface area contributed by atoms with E-state index in [1.54, 1.807) is 12.1 Å². The van der Waals surface area contributed by atoms with Gasteiger partial charge in [0.15, 0.2) is 0 Å². The van der Waals surface area contributed by atoms with Gasteiger partial charge < -0.3 is 19.9 Å². The highest BCUT2D eigenvalue weighted by Gasteiger charge is 2.08. The molecule has 1 aromatic heterocycles. The molecule has 5 nitrogen and oxygen atoms in total. The van der Waals surface area contributed by atoms with Crippen molar-refractivity contribution in [2.24, 2.45) is 0 Å². The van der Waals surface area contributed by atoms with E-state index in [0.717, 1.165) is 0 Å². The van der Waals surface area contributed by atoms with E-state index in [-0.39, 0.29) is 6.10 Å². The zero-order chi connectivity index (χ0) is 12.7. The summed E-state index contributed by atoms with van der Waals surface area (Å²) in [5.41, 5.74) is 6.23. The quantitative estimate of drug-likeness (QED) is 0.788. The van der Waals surface area contributed by atoms with Crippen molar-refractivity contribution in [3.05, 3.63) is 12.1 Å². The molecule has 2 N–H and O–H groups in total. The largest absolute Gasteiger partial charge is 0.476 e. The Kier molecular flexibility index (Phi) is 5.56. The summed E-state index contributed by atoms with van der Waals surface area (Å²) in [6.45, 7) is 7.48. The molecule has 1 unspecified atom stereocenters. The lowest BCUT2D eigenvalue weighted by Crippen LogP contribution is -2.19. The number of hydrogen-bond donors (Lipinski definition) is 1. The first-order valence-corrected chi connectivity index (χ1v) is 5.81. The first kappa shape index (κ1) is 13.6. The highest BCUT2D eigenvalue weighted by Crippen LogP contribution is 2.22. The molecule has 0 aliphatic heterocycles. The van der Waals surface area contributed by atoms with Crippen molar-refractivity contribution in [2.45, 2.75) is 26.9 Å². The highest BCUT2D eigenvalue weighted by molar-refractivity contribution is 5.49. The Bertz CT molecular complexity index is 345. The van der Waals surface area contributed by atoms with Crippen LogP contribution in [0.25, 0.3) is 0 Å². The Hall–Kier alpha value is -1.49. The van der Waals surface area contributed by atoms with Crippen molar-refractivity contribution >= 4 is 5.69 Å². The second kappa shape index (κ2) is 6.96. The van der Waals surface area contributed by atoms with E-state index in [1.807, 2.05) is 20.8 Å². The maximum absolute atomic E-state index is 5.72. The Labute approximate surface area is 102 Å². The number of rotatable bonds is 7. The predicted octanol–water partition coefficient (Wildman–Crippen LogP) is 1.87. The smallest absolute Gasteiger partial charge is 0.240 e. The molecule has 5 heteroatoms. The molecule has 0 bridgehead atoms. The van der Waals surface area contributed by atoms with E-state index in [9.17, 15) is 0 Å². The minimum absolute atomic E-state index is 0.0550. The lowest BCUT2D eigenvalue weighted by Gasteiger charge is -2.14. The predicted molar refractivity (Wildman–Crippen MR) is 66.4 cm³/mol. The van der Waals surface area contributed by atoms with E-state index in [1.165, 1.54) is 0 Å². The van der Waals surface area contributed by atoms with Gasteiger partial charge in [0.25, 0.3) is 0 Å². The molecule has 17 heavy (non-hydrogen) atoms. The molecule has 0 radical (unpaired) electrons. The molecule has 0 aliphatic carbocycles. The molecule has 0 aliphatic rings. The lowest BCUT2D eigenvalue weighted by molar-refractivity contribution is 0.0630. The van der Waals surface area contributed by atoms with Crippen LogP contribution in [0.4, 0.5) is 5.69 Å². The van der Waals surface area contributed by atoms with Gasteiger partial charge >= 0.3 is 0 Å². The van der Waals surface area contributed by atoms with E-state index in [4.69, 9.17) is 19.9 Å². The SMILES string of the molecule is CCOCC(C)Oc1ccc(N)c(OCC)n1. The molecule has 0 amide bonds. The summed E-state index contributed by atoms with van der Waals surface area (Å²) in [4.78, 5) is 4.19. The van der Waals surface area contributed by atoms with Gasteiger partial charge in [-0.1, -0.05) is 0 Å². The standard InChI is InChI=1S/C12H20N2O3/c1-4-15-8-9(3)17-11-7-6-10(13)12(14-11)16-5-2/h6-7,9H,4-5,8,13H2,1-3H3. The summed E-state index contributed by atoms with van der Waals surface area (Å²) >= 11 is 0. The van der Waals surface area contributed by atoms with Gasteiger partial charge in [0.05, 0.1) is 18.9 Å². The van der Waals surface area contributed by atoms with Crippen molar-refractivity contribution < 1.29 is 14.2 Å². The van der Waals surface area contributed by atoms with Crippen LogP contribution in [-0.4, -0.2) is 30.9 Å². The number of ether oxygens (including phenoxy) is 3. The van der Waals surface area contributed by atoms with E-state index < -0.39 is 0 Å².